The lowest BCUT2D eigenvalue weighted by molar-refractivity contribution is -0.925. The molecule has 1 aromatic carbocycles. The Morgan fingerprint density at radius 2 is 1.83 bits per heavy atom. The summed E-state index contributed by atoms with van der Waals surface area (Å²) in [5.41, 5.74) is 0. The molecule has 2 saturated heterocycles. The molecule has 0 saturated carbocycles. The van der Waals surface area contributed by atoms with E-state index in [1.807, 2.05) is 0 Å². The topological polar surface area (TPSA) is 76.0 Å². The van der Waals surface area contributed by atoms with E-state index in [1.54, 1.807) is 18.2 Å². The number of rotatable bonds is 3. The molecular formula is C14H20ClN2O4S2+. The van der Waals surface area contributed by atoms with Crippen molar-refractivity contribution in [3.05, 3.63) is 29.3 Å². The number of hydrogen-bond acceptors (Lipinski definition) is 4. The lowest BCUT2D eigenvalue weighted by atomic mass is 10.2. The van der Waals surface area contributed by atoms with Crippen LogP contribution in [0.2, 0.25) is 5.02 Å². The fourth-order valence-electron chi connectivity index (χ4n) is 3.33. The summed E-state index contributed by atoms with van der Waals surface area (Å²) in [5.74, 6) is 0.475. The van der Waals surface area contributed by atoms with Crippen LogP contribution in [0.4, 0.5) is 0 Å². The van der Waals surface area contributed by atoms with E-state index in [-0.39, 0.29) is 27.5 Å². The molecule has 0 bridgehead atoms. The fourth-order valence-corrected chi connectivity index (χ4v) is 7.09. The first-order valence-corrected chi connectivity index (χ1v) is 11.2. The van der Waals surface area contributed by atoms with Crippen LogP contribution in [0.5, 0.6) is 0 Å². The first kappa shape index (κ1) is 17.2. The molecule has 1 atom stereocenters. The van der Waals surface area contributed by atoms with Gasteiger partial charge in [-0.1, -0.05) is 23.7 Å². The minimum atomic E-state index is -3.59. The highest BCUT2D eigenvalue weighted by atomic mass is 35.5. The number of sulfone groups is 1. The molecule has 1 aromatic rings. The van der Waals surface area contributed by atoms with E-state index in [9.17, 15) is 16.8 Å². The number of benzene rings is 1. The molecule has 3 rings (SSSR count). The molecule has 1 N–H and O–H groups in total. The number of nitrogens with one attached hydrogen (secondary N) is 1. The Balaban J connectivity index is 1.68. The van der Waals surface area contributed by atoms with Gasteiger partial charge in [0, 0.05) is 6.42 Å². The quantitative estimate of drug-likeness (QED) is 0.762. The second-order valence-corrected chi connectivity index (χ2v) is 10.6. The van der Waals surface area contributed by atoms with Gasteiger partial charge < -0.3 is 4.90 Å². The second-order valence-electron chi connectivity index (χ2n) is 6.09. The van der Waals surface area contributed by atoms with Crippen molar-refractivity contribution in [3.63, 3.8) is 0 Å². The summed E-state index contributed by atoms with van der Waals surface area (Å²) in [4.78, 5) is 1.32. The highest BCUT2D eigenvalue weighted by Crippen LogP contribution is 2.24. The molecule has 23 heavy (non-hydrogen) atoms. The number of quaternary nitrogens is 1. The van der Waals surface area contributed by atoms with Crippen molar-refractivity contribution in [1.29, 1.82) is 0 Å². The van der Waals surface area contributed by atoms with E-state index in [0.29, 0.717) is 32.6 Å². The SMILES string of the molecule is O=S1(=O)CC[C@@H]([NH+]2CCN(S(=O)(=O)c3ccccc3Cl)CC2)C1. The first-order chi connectivity index (χ1) is 10.8. The van der Waals surface area contributed by atoms with E-state index < -0.39 is 19.9 Å². The summed E-state index contributed by atoms with van der Waals surface area (Å²) in [6, 6.07) is 6.54. The zero-order chi connectivity index (χ0) is 16.7. The third-order valence-electron chi connectivity index (χ3n) is 4.63. The summed E-state index contributed by atoms with van der Waals surface area (Å²) in [5, 5.41) is 0.226. The van der Waals surface area contributed by atoms with Gasteiger partial charge in [0.05, 0.1) is 37.0 Å². The number of nitrogens with zero attached hydrogens (tertiary/aromatic N) is 1. The maximum atomic E-state index is 12.7. The van der Waals surface area contributed by atoms with E-state index in [0.717, 1.165) is 0 Å². The molecule has 2 heterocycles. The molecule has 2 aliphatic rings. The molecule has 0 amide bonds. The molecular weight excluding hydrogens is 360 g/mol. The van der Waals surface area contributed by atoms with Gasteiger partial charge in [-0.25, -0.2) is 16.8 Å². The van der Waals surface area contributed by atoms with Crippen LogP contribution >= 0.6 is 11.6 Å². The van der Waals surface area contributed by atoms with Crippen LogP contribution < -0.4 is 4.90 Å². The average Bonchev–Trinajstić information content (AvgIpc) is 2.88. The van der Waals surface area contributed by atoms with Crippen molar-refractivity contribution in [2.75, 3.05) is 37.7 Å². The maximum Gasteiger partial charge on any atom is 0.244 e. The molecule has 0 spiro atoms. The summed E-state index contributed by atoms with van der Waals surface area (Å²) < 4.78 is 50.0. The number of halogens is 1. The van der Waals surface area contributed by atoms with Gasteiger partial charge >= 0.3 is 0 Å². The van der Waals surface area contributed by atoms with Crippen molar-refractivity contribution < 1.29 is 21.7 Å². The van der Waals surface area contributed by atoms with Gasteiger partial charge in [0.25, 0.3) is 0 Å². The van der Waals surface area contributed by atoms with Crippen molar-refractivity contribution in [3.8, 4) is 0 Å². The molecule has 0 aliphatic carbocycles. The fraction of sp³-hybridized carbons (Fsp3) is 0.571. The average molecular weight is 380 g/mol. The van der Waals surface area contributed by atoms with E-state index in [2.05, 4.69) is 0 Å². The molecule has 0 aromatic heterocycles. The minimum Gasteiger partial charge on any atom is -0.329 e. The van der Waals surface area contributed by atoms with Gasteiger partial charge in [-0.3, -0.25) is 0 Å². The van der Waals surface area contributed by atoms with Crippen molar-refractivity contribution in [2.45, 2.75) is 17.4 Å². The lowest BCUT2D eigenvalue weighted by Gasteiger charge is -2.34. The van der Waals surface area contributed by atoms with Crippen LogP contribution in [-0.4, -0.2) is 64.9 Å². The lowest BCUT2D eigenvalue weighted by Crippen LogP contribution is -3.18. The third kappa shape index (κ3) is 3.56. The van der Waals surface area contributed by atoms with Crippen LogP contribution in [0.25, 0.3) is 0 Å². The largest absolute Gasteiger partial charge is 0.329 e. The summed E-state index contributed by atoms with van der Waals surface area (Å²) >= 11 is 6.01. The minimum absolute atomic E-state index is 0.102. The van der Waals surface area contributed by atoms with E-state index in [4.69, 9.17) is 11.6 Å². The van der Waals surface area contributed by atoms with Gasteiger partial charge in [0.1, 0.15) is 16.7 Å². The molecule has 9 heteroatoms. The number of hydrogen-bond donors (Lipinski definition) is 1. The van der Waals surface area contributed by atoms with Gasteiger partial charge in [-0.05, 0) is 12.1 Å². The van der Waals surface area contributed by atoms with Crippen LogP contribution in [0.1, 0.15) is 6.42 Å². The van der Waals surface area contributed by atoms with Crippen LogP contribution in [0.3, 0.4) is 0 Å². The number of sulfonamides is 1. The Bertz CT molecular complexity index is 787. The number of piperazine rings is 1. The maximum absolute atomic E-state index is 12.7. The first-order valence-electron chi connectivity index (χ1n) is 7.59. The monoisotopic (exact) mass is 379 g/mol. The van der Waals surface area contributed by atoms with Gasteiger partial charge in [-0.15, -0.1) is 0 Å². The smallest absolute Gasteiger partial charge is 0.244 e. The third-order valence-corrected chi connectivity index (χ3v) is 8.80. The molecule has 2 aliphatic heterocycles. The Morgan fingerprint density at radius 1 is 1.17 bits per heavy atom. The van der Waals surface area contributed by atoms with Gasteiger partial charge in [-0.2, -0.15) is 4.31 Å². The Hall–Kier alpha value is -0.670. The standard InChI is InChI=1S/C14H19ClN2O4S2/c15-13-3-1-2-4-14(13)23(20,21)17-8-6-16(7-9-17)12-5-10-22(18,19)11-12/h1-4,12H,5-11H2/p+1/t12-/m1/s1. The van der Waals surface area contributed by atoms with E-state index >= 15 is 0 Å². The highest BCUT2D eigenvalue weighted by Gasteiger charge is 2.39. The summed E-state index contributed by atoms with van der Waals surface area (Å²) in [7, 11) is -6.50. The van der Waals surface area contributed by atoms with Crippen molar-refractivity contribution >= 4 is 31.5 Å². The molecule has 0 radical (unpaired) electrons. The molecule has 0 unspecified atom stereocenters. The van der Waals surface area contributed by atoms with Crippen LogP contribution in [0.15, 0.2) is 29.2 Å². The van der Waals surface area contributed by atoms with Crippen LogP contribution in [-0.2, 0) is 19.9 Å². The predicted octanol–water partition coefficient (Wildman–Crippen LogP) is -0.584. The zero-order valence-corrected chi connectivity index (χ0v) is 15.0. The normalized spacial score (nSPS) is 26.4. The Morgan fingerprint density at radius 3 is 2.39 bits per heavy atom. The van der Waals surface area contributed by atoms with Crippen molar-refractivity contribution in [2.24, 2.45) is 0 Å². The van der Waals surface area contributed by atoms with E-state index in [1.165, 1.54) is 15.3 Å². The molecule has 6 nitrogen and oxygen atoms in total. The summed E-state index contributed by atoms with van der Waals surface area (Å²) in [6.07, 6.45) is 0.676. The Kier molecular flexibility index (Phi) is 4.72. The van der Waals surface area contributed by atoms with Crippen molar-refractivity contribution in [1.82, 2.24) is 4.31 Å². The molecule has 128 valence electrons. The highest BCUT2D eigenvalue weighted by molar-refractivity contribution is 7.91. The van der Waals surface area contributed by atoms with Crippen LogP contribution in [0, 0.1) is 0 Å². The summed E-state index contributed by atoms with van der Waals surface area (Å²) in [6.45, 7) is 2.03. The van der Waals surface area contributed by atoms with Gasteiger partial charge in [0.15, 0.2) is 9.84 Å². The van der Waals surface area contributed by atoms with Gasteiger partial charge in [0.2, 0.25) is 10.0 Å². The zero-order valence-electron chi connectivity index (χ0n) is 12.6. The Labute approximate surface area is 142 Å². The predicted molar refractivity (Wildman–Crippen MR) is 88.0 cm³/mol. The second kappa shape index (κ2) is 6.33. The molecule has 2 fully saturated rings.